The molecule has 11 heteroatoms. The number of nitrogens with one attached hydrogen (secondary N) is 1. The Morgan fingerprint density at radius 2 is 1.47 bits per heavy atom. The van der Waals surface area contributed by atoms with E-state index in [0.717, 1.165) is 9.87 Å². The molecule has 0 heterocycles. The molecule has 7 nitrogen and oxygen atoms in total. The van der Waals surface area contributed by atoms with Crippen LogP contribution in [0.1, 0.15) is 16.7 Å². The van der Waals surface area contributed by atoms with Gasteiger partial charge >= 0.3 is 0 Å². The summed E-state index contributed by atoms with van der Waals surface area (Å²) in [5.74, 6) is -1.01. The number of carbonyl (C=O) groups is 2. The molecule has 1 atom stereocenters. The fourth-order valence-corrected chi connectivity index (χ4v) is 6.62. The van der Waals surface area contributed by atoms with Crippen molar-refractivity contribution in [1.29, 1.82) is 0 Å². The van der Waals surface area contributed by atoms with Gasteiger partial charge in [0.25, 0.3) is 10.0 Å². The summed E-state index contributed by atoms with van der Waals surface area (Å²) in [6.07, 6.45) is 0.190. The number of hydrogen-bond donors (Lipinski definition) is 1. The second kappa shape index (κ2) is 14.3. The van der Waals surface area contributed by atoms with Crippen LogP contribution in [0.15, 0.2) is 102 Å². The van der Waals surface area contributed by atoms with Crippen molar-refractivity contribution in [2.75, 3.05) is 17.9 Å². The molecule has 0 aliphatic heterocycles. The average molecular weight is 659 g/mol. The number of halogens is 3. The van der Waals surface area contributed by atoms with Crippen molar-refractivity contribution in [3.8, 4) is 0 Å². The maximum atomic E-state index is 14.4. The van der Waals surface area contributed by atoms with Gasteiger partial charge in [0.2, 0.25) is 11.8 Å². The standard InChI is InChI=1S/C32H30Cl3N3O4S/c1-22-13-15-25(33)19-29(22)38(43(41,42)26-11-7-4-8-12-26)21-31(39)37(20-24-14-16-27(34)28(35)17-24)30(32(40)36-2)18-23-9-5-3-6-10-23/h3-17,19,30H,18,20-21H2,1-2H3,(H,36,40). The number of nitrogens with zero attached hydrogens (tertiary/aromatic N) is 2. The fraction of sp³-hybridized carbons (Fsp3) is 0.188. The highest BCUT2D eigenvalue weighted by atomic mass is 35.5. The molecule has 0 aromatic heterocycles. The predicted octanol–water partition coefficient (Wildman–Crippen LogP) is 6.54. The molecule has 0 aliphatic carbocycles. The van der Waals surface area contributed by atoms with Crippen molar-refractivity contribution in [2.24, 2.45) is 0 Å². The molecule has 2 amide bonds. The van der Waals surface area contributed by atoms with Crippen LogP contribution in [0.4, 0.5) is 5.69 Å². The molecule has 224 valence electrons. The maximum absolute atomic E-state index is 14.4. The molecule has 4 aromatic rings. The fourth-order valence-electron chi connectivity index (χ4n) is 4.64. The van der Waals surface area contributed by atoms with E-state index in [9.17, 15) is 18.0 Å². The summed E-state index contributed by atoms with van der Waals surface area (Å²) in [6.45, 7) is 1.11. The normalized spacial score (nSPS) is 11.9. The van der Waals surface area contributed by atoms with Crippen LogP contribution in [0.2, 0.25) is 15.1 Å². The highest BCUT2D eigenvalue weighted by molar-refractivity contribution is 7.92. The van der Waals surface area contributed by atoms with Crippen molar-refractivity contribution in [2.45, 2.75) is 30.8 Å². The van der Waals surface area contributed by atoms with Crippen LogP contribution in [0.3, 0.4) is 0 Å². The van der Waals surface area contributed by atoms with Crippen molar-refractivity contribution >= 4 is 62.3 Å². The Hall–Kier alpha value is -3.56. The van der Waals surface area contributed by atoms with Gasteiger partial charge in [-0.2, -0.15) is 0 Å². The summed E-state index contributed by atoms with van der Waals surface area (Å²) in [6, 6.07) is 25.9. The van der Waals surface area contributed by atoms with Gasteiger partial charge in [0, 0.05) is 25.0 Å². The minimum Gasteiger partial charge on any atom is -0.357 e. The lowest BCUT2D eigenvalue weighted by molar-refractivity contribution is -0.139. The highest BCUT2D eigenvalue weighted by Gasteiger charge is 2.35. The zero-order chi connectivity index (χ0) is 31.1. The van der Waals surface area contributed by atoms with Gasteiger partial charge in [-0.3, -0.25) is 13.9 Å². The molecule has 1 N–H and O–H groups in total. The van der Waals surface area contributed by atoms with Gasteiger partial charge in [0.1, 0.15) is 12.6 Å². The molecule has 0 radical (unpaired) electrons. The van der Waals surface area contributed by atoms with Crippen molar-refractivity contribution in [3.63, 3.8) is 0 Å². The third-order valence-electron chi connectivity index (χ3n) is 6.90. The lowest BCUT2D eigenvalue weighted by Crippen LogP contribution is -2.53. The maximum Gasteiger partial charge on any atom is 0.264 e. The average Bonchev–Trinajstić information content (AvgIpc) is 3.01. The number of hydrogen-bond acceptors (Lipinski definition) is 4. The number of likely N-dealkylation sites (N-methyl/N-ethyl adjacent to an activating group) is 1. The number of sulfonamides is 1. The summed E-state index contributed by atoms with van der Waals surface area (Å²) in [5.41, 5.74) is 2.28. The monoisotopic (exact) mass is 657 g/mol. The lowest BCUT2D eigenvalue weighted by atomic mass is 10.0. The molecule has 1 unspecified atom stereocenters. The zero-order valence-corrected chi connectivity index (χ0v) is 26.6. The first-order valence-corrected chi connectivity index (χ1v) is 15.9. The highest BCUT2D eigenvalue weighted by Crippen LogP contribution is 2.30. The first kappa shape index (κ1) is 32.4. The van der Waals surface area contributed by atoms with Gasteiger partial charge in [-0.1, -0.05) is 95.5 Å². The lowest BCUT2D eigenvalue weighted by Gasteiger charge is -2.34. The van der Waals surface area contributed by atoms with Gasteiger partial charge in [-0.05, 0) is 60.0 Å². The minimum absolute atomic E-state index is 0.00495. The summed E-state index contributed by atoms with van der Waals surface area (Å²) < 4.78 is 29.1. The van der Waals surface area contributed by atoms with E-state index in [0.29, 0.717) is 21.2 Å². The predicted molar refractivity (Wildman–Crippen MR) is 172 cm³/mol. The number of carbonyl (C=O) groups excluding carboxylic acids is 2. The Kier molecular flexibility index (Phi) is 10.7. The Morgan fingerprint density at radius 1 is 0.814 bits per heavy atom. The minimum atomic E-state index is -4.23. The van der Waals surface area contributed by atoms with Crippen LogP contribution < -0.4 is 9.62 Å². The Labute approximate surface area is 267 Å². The number of benzene rings is 4. The van der Waals surface area contributed by atoms with Crippen LogP contribution in [0.25, 0.3) is 0 Å². The van der Waals surface area contributed by atoms with Crippen molar-refractivity contribution < 1.29 is 18.0 Å². The van der Waals surface area contributed by atoms with E-state index in [2.05, 4.69) is 5.32 Å². The van der Waals surface area contributed by atoms with Crippen LogP contribution >= 0.6 is 34.8 Å². The molecule has 0 aliphatic rings. The van der Waals surface area contributed by atoms with Gasteiger partial charge in [0.05, 0.1) is 20.6 Å². The first-order chi connectivity index (χ1) is 20.5. The van der Waals surface area contributed by atoms with E-state index in [1.165, 1.54) is 30.1 Å². The molecular weight excluding hydrogens is 629 g/mol. The van der Waals surface area contributed by atoms with Crippen LogP contribution in [0, 0.1) is 6.92 Å². The number of amides is 2. The largest absolute Gasteiger partial charge is 0.357 e. The zero-order valence-electron chi connectivity index (χ0n) is 23.5. The SMILES string of the molecule is CNC(=O)C(Cc1ccccc1)N(Cc1ccc(Cl)c(Cl)c1)C(=O)CN(c1cc(Cl)ccc1C)S(=O)(=O)c1ccccc1. The molecule has 0 fully saturated rings. The Balaban J connectivity index is 1.82. The second-order valence-electron chi connectivity index (χ2n) is 9.85. The van der Waals surface area contributed by atoms with Crippen LogP contribution in [0.5, 0.6) is 0 Å². The molecular formula is C32H30Cl3N3O4S. The summed E-state index contributed by atoms with van der Waals surface area (Å²) in [4.78, 5) is 29.1. The van der Waals surface area contributed by atoms with E-state index in [1.54, 1.807) is 55.5 Å². The van der Waals surface area contributed by atoms with E-state index in [1.807, 2.05) is 30.3 Å². The topological polar surface area (TPSA) is 86.8 Å². The smallest absolute Gasteiger partial charge is 0.264 e. The molecule has 0 saturated heterocycles. The number of anilines is 1. The van der Waals surface area contributed by atoms with Crippen LogP contribution in [-0.2, 0) is 32.6 Å². The molecule has 0 spiro atoms. The number of rotatable bonds is 11. The first-order valence-electron chi connectivity index (χ1n) is 13.3. The van der Waals surface area contributed by atoms with Crippen molar-refractivity contribution in [1.82, 2.24) is 10.2 Å². The molecule has 0 saturated carbocycles. The van der Waals surface area contributed by atoms with Gasteiger partial charge in [-0.25, -0.2) is 8.42 Å². The van der Waals surface area contributed by atoms with E-state index < -0.39 is 34.4 Å². The second-order valence-corrected chi connectivity index (χ2v) is 13.0. The summed E-state index contributed by atoms with van der Waals surface area (Å²) in [5, 5.41) is 3.59. The Bertz CT molecular complexity index is 1700. The third kappa shape index (κ3) is 7.89. The van der Waals surface area contributed by atoms with Gasteiger partial charge in [-0.15, -0.1) is 0 Å². The van der Waals surface area contributed by atoms with E-state index in [4.69, 9.17) is 34.8 Å². The van der Waals surface area contributed by atoms with E-state index >= 15 is 0 Å². The van der Waals surface area contributed by atoms with E-state index in [-0.39, 0.29) is 28.6 Å². The quantitative estimate of drug-likeness (QED) is 0.198. The summed E-state index contributed by atoms with van der Waals surface area (Å²) in [7, 11) is -2.74. The molecule has 43 heavy (non-hydrogen) atoms. The van der Waals surface area contributed by atoms with Crippen molar-refractivity contribution in [3.05, 3.63) is 129 Å². The molecule has 0 bridgehead atoms. The van der Waals surface area contributed by atoms with Crippen LogP contribution in [-0.4, -0.2) is 44.8 Å². The number of aryl methyl sites for hydroxylation is 1. The van der Waals surface area contributed by atoms with Gasteiger partial charge in [0.15, 0.2) is 0 Å². The third-order valence-corrected chi connectivity index (χ3v) is 9.65. The summed E-state index contributed by atoms with van der Waals surface area (Å²) >= 11 is 18.7. The molecule has 4 aromatic carbocycles. The molecule has 4 rings (SSSR count). The van der Waals surface area contributed by atoms with Gasteiger partial charge < -0.3 is 10.2 Å². The Morgan fingerprint density at radius 3 is 2.09 bits per heavy atom.